The molecular weight excluding hydrogens is 220 g/mol. The molecular formula is C14H9ClO. The molecule has 16 heavy (non-hydrogen) atoms. The molecule has 1 aromatic carbocycles. The zero-order chi connectivity index (χ0) is 11.8. The van der Waals surface area contributed by atoms with Gasteiger partial charge in [0.2, 0.25) is 0 Å². The van der Waals surface area contributed by atoms with E-state index in [0.717, 1.165) is 0 Å². The Morgan fingerprint density at radius 2 is 1.88 bits per heavy atom. The van der Waals surface area contributed by atoms with Gasteiger partial charge in [-0.15, -0.1) is 0 Å². The Hall–Kier alpha value is -2.01. The minimum absolute atomic E-state index is 0.617. The van der Waals surface area contributed by atoms with Crippen LogP contribution in [0.5, 0.6) is 5.75 Å². The summed E-state index contributed by atoms with van der Waals surface area (Å²) in [5.41, 5.74) is 0.716. The highest BCUT2D eigenvalue weighted by Crippen LogP contribution is 2.21. The van der Waals surface area contributed by atoms with E-state index in [0.29, 0.717) is 16.3 Å². The van der Waals surface area contributed by atoms with Crippen LogP contribution >= 0.6 is 11.6 Å². The maximum Gasteiger partial charge on any atom is 0.134 e. The van der Waals surface area contributed by atoms with E-state index in [9.17, 15) is 0 Å². The normalized spacial score (nSPS) is 7.44. The molecule has 1 nitrogen and oxygen atoms in total. The Balaban J connectivity index is 2.99. The Bertz CT molecular complexity index is 554. The molecule has 2 heteroatoms. The molecule has 0 bridgehead atoms. The minimum Gasteiger partial charge on any atom is -0.495 e. The van der Waals surface area contributed by atoms with Crippen LogP contribution in [0.2, 0.25) is 5.02 Å². The standard InChI is InChI=1S/C14H9ClO/c1-3-4-5-6-7-8-12-11-13(15)9-10-14(12)16-2/h9-11H,1-2H3. The van der Waals surface area contributed by atoms with Crippen LogP contribution in [0.15, 0.2) is 18.2 Å². The number of hydrogen-bond donors (Lipinski definition) is 0. The van der Waals surface area contributed by atoms with E-state index in [1.54, 1.807) is 32.2 Å². The first-order chi connectivity index (χ1) is 7.77. The molecule has 0 aromatic heterocycles. The van der Waals surface area contributed by atoms with E-state index in [1.165, 1.54) is 0 Å². The van der Waals surface area contributed by atoms with E-state index in [4.69, 9.17) is 16.3 Å². The first kappa shape index (κ1) is 12.1. The summed E-state index contributed by atoms with van der Waals surface area (Å²) in [5.74, 6) is 16.7. The molecule has 0 aliphatic carbocycles. The molecule has 0 saturated heterocycles. The molecule has 0 aliphatic rings. The number of ether oxygens (including phenoxy) is 1. The van der Waals surface area contributed by atoms with Crippen molar-refractivity contribution in [2.45, 2.75) is 6.92 Å². The Labute approximate surface area is 101 Å². The van der Waals surface area contributed by atoms with Crippen LogP contribution in [0.25, 0.3) is 0 Å². The van der Waals surface area contributed by atoms with Crippen molar-refractivity contribution in [3.05, 3.63) is 28.8 Å². The van der Waals surface area contributed by atoms with Crippen LogP contribution in [-0.2, 0) is 0 Å². The first-order valence-corrected chi connectivity index (χ1v) is 4.92. The van der Waals surface area contributed by atoms with Gasteiger partial charge in [0, 0.05) is 5.02 Å². The maximum absolute atomic E-state index is 5.85. The third kappa shape index (κ3) is 3.62. The molecule has 0 saturated carbocycles. The topological polar surface area (TPSA) is 9.23 Å². The average molecular weight is 229 g/mol. The van der Waals surface area contributed by atoms with Gasteiger partial charge in [-0.05, 0) is 54.7 Å². The van der Waals surface area contributed by atoms with Gasteiger partial charge in [0.15, 0.2) is 0 Å². The summed E-state index contributed by atoms with van der Waals surface area (Å²) in [6, 6.07) is 5.26. The molecule has 0 amide bonds. The molecule has 0 spiro atoms. The molecule has 0 unspecified atom stereocenters. The van der Waals surface area contributed by atoms with Gasteiger partial charge in [-0.2, -0.15) is 0 Å². The van der Waals surface area contributed by atoms with E-state index in [2.05, 4.69) is 35.5 Å². The van der Waals surface area contributed by atoms with Crippen LogP contribution < -0.4 is 4.74 Å². The van der Waals surface area contributed by atoms with Gasteiger partial charge in [-0.1, -0.05) is 17.5 Å². The molecule has 0 radical (unpaired) electrons. The summed E-state index contributed by atoms with van der Waals surface area (Å²) in [6.45, 7) is 1.72. The summed E-state index contributed by atoms with van der Waals surface area (Å²) in [4.78, 5) is 0. The fourth-order valence-corrected chi connectivity index (χ4v) is 1.17. The minimum atomic E-state index is 0.617. The molecule has 0 fully saturated rings. The lowest BCUT2D eigenvalue weighted by Crippen LogP contribution is -1.86. The van der Waals surface area contributed by atoms with Crippen LogP contribution in [0, 0.1) is 35.5 Å². The van der Waals surface area contributed by atoms with Crippen molar-refractivity contribution >= 4 is 11.6 Å². The van der Waals surface area contributed by atoms with Gasteiger partial charge >= 0.3 is 0 Å². The number of rotatable bonds is 1. The molecule has 0 heterocycles. The highest BCUT2D eigenvalue weighted by atomic mass is 35.5. The van der Waals surface area contributed by atoms with Crippen molar-refractivity contribution in [3.8, 4) is 41.3 Å². The van der Waals surface area contributed by atoms with Crippen LogP contribution in [0.1, 0.15) is 12.5 Å². The Morgan fingerprint density at radius 3 is 2.56 bits per heavy atom. The van der Waals surface area contributed by atoms with Gasteiger partial charge < -0.3 is 4.74 Å². The largest absolute Gasteiger partial charge is 0.495 e. The highest BCUT2D eigenvalue weighted by molar-refractivity contribution is 6.30. The number of benzene rings is 1. The van der Waals surface area contributed by atoms with E-state index in [-0.39, 0.29) is 0 Å². The van der Waals surface area contributed by atoms with E-state index >= 15 is 0 Å². The maximum atomic E-state index is 5.85. The Morgan fingerprint density at radius 1 is 1.12 bits per heavy atom. The Kier molecular flexibility index (Phi) is 4.88. The summed E-state index contributed by atoms with van der Waals surface area (Å²) < 4.78 is 5.14. The second kappa shape index (κ2) is 6.47. The lowest BCUT2D eigenvalue weighted by Gasteiger charge is -2.02. The monoisotopic (exact) mass is 228 g/mol. The van der Waals surface area contributed by atoms with Gasteiger partial charge in [-0.25, -0.2) is 0 Å². The second-order valence-corrected chi connectivity index (χ2v) is 3.16. The molecule has 1 rings (SSSR count). The van der Waals surface area contributed by atoms with Crippen LogP contribution in [0.3, 0.4) is 0 Å². The third-order valence-corrected chi connectivity index (χ3v) is 1.91. The lowest BCUT2D eigenvalue weighted by atomic mass is 10.2. The molecule has 78 valence electrons. The van der Waals surface area contributed by atoms with Crippen LogP contribution in [0.4, 0.5) is 0 Å². The summed E-state index contributed by atoms with van der Waals surface area (Å²) in [6.07, 6.45) is 0. The van der Waals surface area contributed by atoms with E-state index in [1.807, 2.05) is 0 Å². The quantitative estimate of drug-likeness (QED) is 0.672. The fraction of sp³-hybridized carbons (Fsp3) is 0.143. The third-order valence-electron chi connectivity index (χ3n) is 1.67. The van der Waals surface area contributed by atoms with Gasteiger partial charge in [0.1, 0.15) is 5.75 Å². The van der Waals surface area contributed by atoms with Crippen molar-refractivity contribution in [2.24, 2.45) is 0 Å². The predicted octanol–water partition coefficient (Wildman–Crippen LogP) is 2.73. The fourth-order valence-electron chi connectivity index (χ4n) is 1.00. The van der Waals surface area contributed by atoms with Gasteiger partial charge in [-0.3, -0.25) is 0 Å². The zero-order valence-electron chi connectivity index (χ0n) is 9.02. The average Bonchev–Trinajstić information content (AvgIpc) is 2.29. The van der Waals surface area contributed by atoms with Gasteiger partial charge in [0.25, 0.3) is 0 Å². The predicted molar refractivity (Wildman–Crippen MR) is 66.1 cm³/mol. The van der Waals surface area contributed by atoms with Crippen molar-refractivity contribution in [2.75, 3.05) is 7.11 Å². The van der Waals surface area contributed by atoms with Crippen molar-refractivity contribution in [1.29, 1.82) is 0 Å². The summed E-state index contributed by atoms with van der Waals surface area (Å²) in [7, 11) is 1.59. The van der Waals surface area contributed by atoms with Crippen molar-refractivity contribution in [1.82, 2.24) is 0 Å². The SMILES string of the molecule is CC#CC#CC#Cc1cc(Cl)ccc1OC. The number of halogens is 1. The molecule has 0 aliphatic heterocycles. The zero-order valence-corrected chi connectivity index (χ0v) is 9.77. The molecule has 0 N–H and O–H groups in total. The highest BCUT2D eigenvalue weighted by Gasteiger charge is 1.99. The lowest BCUT2D eigenvalue weighted by molar-refractivity contribution is 0.413. The van der Waals surface area contributed by atoms with Gasteiger partial charge in [0.05, 0.1) is 12.7 Å². The van der Waals surface area contributed by atoms with E-state index < -0.39 is 0 Å². The number of hydrogen-bond acceptors (Lipinski definition) is 1. The number of methoxy groups -OCH3 is 1. The van der Waals surface area contributed by atoms with Crippen molar-refractivity contribution < 1.29 is 4.74 Å². The van der Waals surface area contributed by atoms with Crippen molar-refractivity contribution in [3.63, 3.8) is 0 Å². The second-order valence-electron chi connectivity index (χ2n) is 2.72. The molecule has 0 atom stereocenters. The molecule has 1 aromatic rings. The summed E-state index contributed by atoms with van der Waals surface area (Å²) in [5, 5.41) is 0.617. The van der Waals surface area contributed by atoms with Crippen LogP contribution in [-0.4, -0.2) is 7.11 Å². The smallest absolute Gasteiger partial charge is 0.134 e. The summed E-state index contributed by atoms with van der Waals surface area (Å²) >= 11 is 5.85. The first-order valence-electron chi connectivity index (χ1n) is 4.54.